The van der Waals surface area contributed by atoms with Crippen LogP contribution in [0.15, 0.2) is 18.2 Å². The van der Waals surface area contributed by atoms with Crippen molar-refractivity contribution >= 4 is 35.1 Å². The number of anilines is 1. The Morgan fingerprint density at radius 3 is 2.50 bits per heavy atom. The van der Waals surface area contributed by atoms with E-state index in [0.29, 0.717) is 10.7 Å². The van der Waals surface area contributed by atoms with E-state index in [9.17, 15) is 14.4 Å². The Balaban J connectivity index is 1.80. The third kappa shape index (κ3) is 3.70. The molecule has 0 unspecified atom stereocenters. The number of aliphatic carboxylic acids is 1. The van der Waals surface area contributed by atoms with Gasteiger partial charge in [0, 0.05) is 23.7 Å². The zero-order valence-electron chi connectivity index (χ0n) is 13.9. The first kappa shape index (κ1) is 18.3. The number of benzene rings is 1. The Hall–Kier alpha value is -2.08. The lowest BCUT2D eigenvalue weighted by Crippen LogP contribution is -2.30. The molecule has 1 aliphatic rings. The Morgan fingerprint density at radius 2 is 1.92 bits per heavy atom. The summed E-state index contributed by atoms with van der Waals surface area (Å²) in [7, 11) is 0. The van der Waals surface area contributed by atoms with Crippen LogP contribution in [0.2, 0.25) is 5.02 Å². The normalized spacial score (nSPS) is 21.0. The lowest BCUT2D eigenvalue weighted by atomic mass is 10.1. The molecule has 2 rings (SSSR count). The fourth-order valence-electron chi connectivity index (χ4n) is 2.95. The van der Waals surface area contributed by atoms with Gasteiger partial charge in [0.05, 0.1) is 11.8 Å². The molecule has 2 amide bonds. The van der Waals surface area contributed by atoms with Gasteiger partial charge in [-0.15, -0.1) is 0 Å². The highest BCUT2D eigenvalue weighted by atomic mass is 35.5. The van der Waals surface area contributed by atoms with E-state index < -0.39 is 23.2 Å². The average Bonchev–Trinajstić information content (AvgIpc) is 3.07. The monoisotopic (exact) mass is 352 g/mol. The molecule has 1 aromatic carbocycles. The molecule has 6 nitrogen and oxygen atoms in total. The van der Waals surface area contributed by atoms with Crippen molar-refractivity contribution in [2.45, 2.75) is 27.2 Å². The highest BCUT2D eigenvalue weighted by Gasteiger charge is 2.65. The molecule has 0 spiro atoms. The Kier molecular flexibility index (Phi) is 5.18. The number of rotatable bonds is 6. The zero-order valence-corrected chi connectivity index (χ0v) is 14.6. The average molecular weight is 353 g/mol. The quantitative estimate of drug-likeness (QED) is 0.732. The minimum atomic E-state index is -0.964. The number of hydrogen-bond acceptors (Lipinski definition) is 3. The number of carboxylic acid groups (broad SMARTS) is 1. The molecule has 1 aliphatic carbocycles. The summed E-state index contributed by atoms with van der Waals surface area (Å²) in [6.07, 6.45) is 0.0998. The maximum Gasteiger partial charge on any atom is 0.307 e. The second-order valence-electron chi connectivity index (χ2n) is 6.62. The van der Waals surface area contributed by atoms with Crippen LogP contribution in [0.3, 0.4) is 0 Å². The molecule has 0 heterocycles. The summed E-state index contributed by atoms with van der Waals surface area (Å²) in [6, 6.07) is 5.23. The Morgan fingerprint density at radius 1 is 1.25 bits per heavy atom. The van der Waals surface area contributed by atoms with E-state index in [4.69, 9.17) is 16.7 Å². The summed E-state index contributed by atoms with van der Waals surface area (Å²) in [4.78, 5) is 35.1. The minimum Gasteiger partial charge on any atom is -0.481 e. The minimum absolute atomic E-state index is 0.0998. The Bertz CT molecular complexity index is 687. The lowest BCUT2D eigenvalue weighted by molar-refractivity contribution is -0.140. The third-order valence-electron chi connectivity index (χ3n) is 4.57. The highest BCUT2D eigenvalue weighted by molar-refractivity contribution is 6.31. The van der Waals surface area contributed by atoms with Crippen molar-refractivity contribution in [2.75, 3.05) is 11.9 Å². The van der Waals surface area contributed by atoms with E-state index in [0.717, 1.165) is 5.56 Å². The molecule has 24 heavy (non-hydrogen) atoms. The first-order valence-electron chi connectivity index (χ1n) is 7.71. The van der Waals surface area contributed by atoms with Gasteiger partial charge in [0.15, 0.2) is 0 Å². The first-order chi connectivity index (χ1) is 11.2. The first-order valence-corrected chi connectivity index (χ1v) is 8.09. The number of nitrogens with one attached hydrogen (secondary N) is 2. The molecule has 3 N–H and O–H groups in total. The van der Waals surface area contributed by atoms with Crippen molar-refractivity contribution in [3.05, 3.63) is 28.8 Å². The summed E-state index contributed by atoms with van der Waals surface area (Å²) < 4.78 is 0. The van der Waals surface area contributed by atoms with Crippen molar-refractivity contribution in [3.8, 4) is 0 Å². The van der Waals surface area contributed by atoms with Crippen LogP contribution >= 0.6 is 11.6 Å². The van der Waals surface area contributed by atoms with Crippen LogP contribution in [0.5, 0.6) is 0 Å². The van der Waals surface area contributed by atoms with Crippen molar-refractivity contribution in [1.29, 1.82) is 0 Å². The molecule has 7 heteroatoms. The van der Waals surface area contributed by atoms with Crippen LogP contribution in [0.1, 0.15) is 25.8 Å². The van der Waals surface area contributed by atoms with E-state index in [1.54, 1.807) is 39.0 Å². The second-order valence-corrected chi connectivity index (χ2v) is 7.02. The van der Waals surface area contributed by atoms with Gasteiger partial charge in [-0.3, -0.25) is 14.4 Å². The molecule has 1 saturated carbocycles. The van der Waals surface area contributed by atoms with Crippen molar-refractivity contribution < 1.29 is 19.5 Å². The SMILES string of the molecule is Cc1c(Cl)cccc1NC(=O)CCNC(=O)[C@@H]1[C@H](C(=O)O)C1(C)C. The third-order valence-corrected chi connectivity index (χ3v) is 4.98. The predicted molar refractivity (Wildman–Crippen MR) is 90.8 cm³/mol. The summed E-state index contributed by atoms with van der Waals surface area (Å²) in [5.74, 6) is -2.74. The molecular weight excluding hydrogens is 332 g/mol. The molecule has 0 bridgehead atoms. The number of hydrogen-bond donors (Lipinski definition) is 3. The van der Waals surface area contributed by atoms with Gasteiger partial charge in [0.2, 0.25) is 11.8 Å². The molecule has 0 aliphatic heterocycles. The van der Waals surface area contributed by atoms with Crippen molar-refractivity contribution in [2.24, 2.45) is 17.3 Å². The molecule has 0 saturated heterocycles. The number of carboxylic acids is 1. The van der Waals surface area contributed by atoms with E-state index in [1.165, 1.54) is 0 Å². The van der Waals surface area contributed by atoms with E-state index in [1.807, 2.05) is 0 Å². The highest BCUT2D eigenvalue weighted by Crippen LogP contribution is 2.58. The molecule has 130 valence electrons. The largest absolute Gasteiger partial charge is 0.481 e. The topological polar surface area (TPSA) is 95.5 Å². The molecule has 0 aromatic heterocycles. The number of carbonyl (C=O) groups excluding carboxylic acids is 2. The number of amides is 2. The van der Waals surface area contributed by atoms with Crippen LogP contribution < -0.4 is 10.6 Å². The molecule has 1 aromatic rings. The van der Waals surface area contributed by atoms with Gasteiger partial charge >= 0.3 is 5.97 Å². The summed E-state index contributed by atoms with van der Waals surface area (Å²) in [5.41, 5.74) is 0.865. The summed E-state index contributed by atoms with van der Waals surface area (Å²) >= 11 is 5.99. The standard InChI is InChI=1S/C17H21ClN2O4/c1-9-10(18)5-4-6-11(9)20-12(21)7-8-19-15(22)13-14(16(23)24)17(13,2)3/h4-6,13-14H,7-8H2,1-3H3,(H,19,22)(H,20,21)(H,23,24)/t13-,14+/m0/s1. The van der Waals surface area contributed by atoms with Crippen molar-refractivity contribution in [1.82, 2.24) is 5.32 Å². The predicted octanol–water partition coefficient (Wildman–Crippen LogP) is 2.45. The maximum atomic E-state index is 12.1. The number of halogens is 1. The summed E-state index contributed by atoms with van der Waals surface area (Å²) in [5, 5.41) is 15.0. The van der Waals surface area contributed by atoms with Crippen LogP contribution in [0.4, 0.5) is 5.69 Å². The van der Waals surface area contributed by atoms with Gasteiger partial charge in [-0.25, -0.2) is 0 Å². The van der Waals surface area contributed by atoms with Gasteiger partial charge in [0.1, 0.15) is 0 Å². The fraction of sp³-hybridized carbons (Fsp3) is 0.471. The fourth-order valence-corrected chi connectivity index (χ4v) is 3.13. The smallest absolute Gasteiger partial charge is 0.307 e. The Labute approximate surface area is 145 Å². The van der Waals surface area contributed by atoms with Gasteiger partial charge in [-0.1, -0.05) is 31.5 Å². The van der Waals surface area contributed by atoms with Crippen LogP contribution in [0.25, 0.3) is 0 Å². The molecular formula is C17H21ClN2O4. The van der Waals surface area contributed by atoms with Gasteiger partial charge in [-0.2, -0.15) is 0 Å². The lowest BCUT2D eigenvalue weighted by Gasteiger charge is -2.10. The maximum absolute atomic E-state index is 12.1. The van der Waals surface area contributed by atoms with Gasteiger partial charge in [-0.05, 0) is 30.0 Å². The van der Waals surface area contributed by atoms with E-state index in [2.05, 4.69) is 10.6 Å². The van der Waals surface area contributed by atoms with Gasteiger partial charge in [0.25, 0.3) is 0 Å². The van der Waals surface area contributed by atoms with Gasteiger partial charge < -0.3 is 15.7 Å². The van der Waals surface area contributed by atoms with Crippen LogP contribution in [-0.4, -0.2) is 29.4 Å². The zero-order chi connectivity index (χ0) is 18.1. The van der Waals surface area contributed by atoms with Crippen LogP contribution in [-0.2, 0) is 14.4 Å². The summed E-state index contributed by atoms with van der Waals surface area (Å²) in [6.45, 7) is 5.47. The molecule has 0 radical (unpaired) electrons. The van der Waals surface area contributed by atoms with Crippen molar-refractivity contribution in [3.63, 3.8) is 0 Å². The molecule has 1 fully saturated rings. The van der Waals surface area contributed by atoms with Crippen LogP contribution in [0, 0.1) is 24.2 Å². The number of carbonyl (C=O) groups is 3. The molecule has 2 atom stereocenters. The van der Waals surface area contributed by atoms with E-state index in [-0.39, 0.29) is 24.8 Å². The second kappa shape index (κ2) is 6.81. The van der Waals surface area contributed by atoms with E-state index >= 15 is 0 Å².